The van der Waals surface area contributed by atoms with E-state index in [1.807, 2.05) is 0 Å². The van der Waals surface area contributed by atoms with Crippen LogP contribution in [0.3, 0.4) is 0 Å². The van der Waals surface area contributed by atoms with Crippen LogP contribution in [-0.2, 0) is 13.0 Å². The van der Waals surface area contributed by atoms with Gasteiger partial charge in [-0.25, -0.2) is 0 Å². The Morgan fingerprint density at radius 3 is 1.22 bits per heavy atom. The Morgan fingerprint density at radius 1 is 1.00 bits per heavy atom. The summed E-state index contributed by atoms with van der Waals surface area (Å²) in [5.74, 6) is 0. The molecule has 9 heteroatoms. The van der Waals surface area contributed by atoms with Crippen LogP contribution in [0.1, 0.15) is 0 Å². The van der Waals surface area contributed by atoms with Crippen molar-refractivity contribution in [3.8, 4) is 0 Å². The van der Waals surface area contributed by atoms with Gasteiger partial charge in [-0.15, -0.1) is 0 Å². The summed E-state index contributed by atoms with van der Waals surface area (Å²) in [5, 5.41) is 0. The van der Waals surface area contributed by atoms with E-state index < -0.39 is 18.3 Å². The zero-order valence-corrected chi connectivity index (χ0v) is 11.0. The second kappa shape index (κ2) is 9.43. The van der Waals surface area contributed by atoms with E-state index in [1.54, 1.807) is 0 Å². The Balaban J connectivity index is -0.000000180. The average Bonchev–Trinajstić information content (AvgIpc) is 1.27. The van der Waals surface area contributed by atoms with Gasteiger partial charge in [0.05, 0.1) is 0 Å². The Labute approximate surface area is 98.8 Å². The van der Waals surface area contributed by atoms with Crippen molar-refractivity contribution >= 4 is 18.3 Å². The zero-order valence-electron chi connectivity index (χ0n) is 5.04. The molecule has 0 aliphatic rings. The Morgan fingerprint density at radius 2 is 1.22 bits per heavy atom. The maximum atomic E-state index is 9.29. The molecule has 0 heterocycles. The SMILES string of the molecule is O=[Si]([O-])O[Si](=O)[O-].[Na+].[Na+]. The van der Waals surface area contributed by atoms with Crippen molar-refractivity contribution in [1.29, 1.82) is 0 Å². The van der Waals surface area contributed by atoms with Gasteiger partial charge in [-0.3, -0.25) is 0 Å². The van der Waals surface area contributed by atoms with Gasteiger partial charge >= 0.3 is 77.5 Å². The summed E-state index contributed by atoms with van der Waals surface area (Å²) in [7, 11) is -7.03. The maximum absolute atomic E-state index is 9.29. The molecule has 0 fully saturated rings. The van der Waals surface area contributed by atoms with Crippen molar-refractivity contribution in [3.63, 3.8) is 0 Å². The quantitative estimate of drug-likeness (QED) is 0.395. The van der Waals surface area contributed by atoms with Crippen molar-refractivity contribution in [3.05, 3.63) is 0 Å². The third-order valence-corrected chi connectivity index (χ3v) is 1.50. The molecule has 0 N–H and O–H groups in total. The van der Waals surface area contributed by atoms with Gasteiger partial charge in [-0.05, 0) is 0 Å². The summed E-state index contributed by atoms with van der Waals surface area (Å²) in [6.07, 6.45) is 0. The first kappa shape index (κ1) is 16.8. The molecule has 0 saturated heterocycles. The minimum Gasteiger partial charge on any atom is -0.570 e. The van der Waals surface area contributed by atoms with E-state index in [0.717, 1.165) is 0 Å². The zero-order chi connectivity index (χ0) is 5.86. The fourth-order valence-corrected chi connectivity index (χ4v) is 0.612. The van der Waals surface area contributed by atoms with Crippen molar-refractivity contribution in [1.82, 2.24) is 0 Å². The Bertz CT molecular complexity index is 89.1. The summed E-state index contributed by atoms with van der Waals surface area (Å²) < 4.78 is 21.8. The molecule has 0 radical (unpaired) electrons. The minimum atomic E-state index is -3.51. The molecule has 0 amide bonds. The van der Waals surface area contributed by atoms with E-state index >= 15 is 0 Å². The van der Waals surface area contributed by atoms with Crippen molar-refractivity contribution in [2.45, 2.75) is 0 Å². The smallest absolute Gasteiger partial charge is 0.570 e. The van der Waals surface area contributed by atoms with E-state index in [9.17, 15) is 18.5 Å². The maximum Gasteiger partial charge on any atom is 1.00 e. The number of hydrogen-bond donors (Lipinski definition) is 0. The molecule has 0 atom stereocenters. The van der Waals surface area contributed by atoms with Crippen LogP contribution in [0.5, 0.6) is 0 Å². The molecule has 9 heavy (non-hydrogen) atoms. The molecule has 5 nitrogen and oxygen atoms in total. The van der Waals surface area contributed by atoms with Crippen molar-refractivity contribution < 1.29 is 81.7 Å². The summed E-state index contributed by atoms with van der Waals surface area (Å²) in [6.45, 7) is 0. The fraction of sp³-hybridized carbons (Fsp3) is 0. The largest absolute Gasteiger partial charge is 1.00 e. The van der Waals surface area contributed by atoms with Gasteiger partial charge < -0.3 is 22.6 Å². The fourth-order valence-electron chi connectivity index (χ4n) is 0.0680. The molecule has 0 aromatic heterocycles. The van der Waals surface area contributed by atoms with E-state index in [1.165, 1.54) is 0 Å². The van der Waals surface area contributed by atoms with Gasteiger partial charge in [-0.1, -0.05) is 0 Å². The Kier molecular flexibility index (Phi) is 17.6. The van der Waals surface area contributed by atoms with Crippen LogP contribution in [0.25, 0.3) is 0 Å². The second-order valence-corrected chi connectivity index (χ2v) is 2.42. The van der Waals surface area contributed by atoms with Crippen LogP contribution in [-0.4, -0.2) is 18.3 Å². The predicted molar refractivity (Wildman–Crippen MR) is 14.0 cm³/mol. The molecule has 0 aromatic rings. The number of rotatable bonds is 2. The van der Waals surface area contributed by atoms with E-state index in [4.69, 9.17) is 0 Å². The minimum absolute atomic E-state index is 0. The van der Waals surface area contributed by atoms with Gasteiger partial charge in [0.25, 0.3) is 0 Å². The number of hydrogen-bond acceptors (Lipinski definition) is 5. The molecule has 0 spiro atoms. The summed E-state index contributed by atoms with van der Waals surface area (Å²) in [5.41, 5.74) is 0. The summed E-state index contributed by atoms with van der Waals surface area (Å²) in [6, 6.07) is 0. The van der Waals surface area contributed by atoms with Crippen molar-refractivity contribution in [2.75, 3.05) is 0 Å². The van der Waals surface area contributed by atoms with Crippen molar-refractivity contribution in [2.24, 2.45) is 0 Å². The molecule has 40 valence electrons. The molecule has 0 unspecified atom stereocenters. The molecule has 0 aliphatic carbocycles. The van der Waals surface area contributed by atoms with Gasteiger partial charge in [0, 0.05) is 0 Å². The van der Waals surface area contributed by atoms with Gasteiger partial charge in [0.15, 0.2) is 0 Å². The topological polar surface area (TPSA) is 89.5 Å². The molecule has 0 bridgehead atoms. The van der Waals surface area contributed by atoms with Crippen LogP contribution in [0.4, 0.5) is 0 Å². The summed E-state index contributed by atoms with van der Waals surface area (Å²) in [4.78, 5) is 18.6. The van der Waals surface area contributed by atoms with Gasteiger partial charge in [-0.2, -0.15) is 0 Å². The van der Waals surface area contributed by atoms with Crippen LogP contribution in [0.15, 0.2) is 0 Å². The van der Waals surface area contributed by atoms with E-state index in [-0.39, 0.29) is 59.1 Å². The molecular weight excluding hydrogens is 182 g/mol. The average molecular weight is 182 g/mol. The van der Waals surface area contributed by atoms with E-state index in [0.29, 0.717) is 0 Å². The molecule has 0 saturated carbocycles. The first-order valence-electron chi connectivity index (χ1n) is 1.22. The normalized spacial score (nSPS) is 5.78. The molecular formula is Na2O5Si2. The van der Waals surface area contributed by atoms with Crippen LogP contribution in [0.2, 0.25) is 0 Å². The Hall–Kier alpha value is 1.43. The third kappa shape index (κ3) is 17.7. The van der Waals surface area contributed by atoms with Gasteiger partial charge in [0.1, 0.15) is 0 Å². The molecule has 0 rings (SSSR count). The van der Waals surface area contributed by atoms with Crippen LogP contribution >= 0.6 is 0 Å². The first-order chi connectivity index (χ1) is 3.13. The monoisotopic (exact) mass is 182 g/mol. The standard InChI is InChI=1S/2Na.O5Si2/c;;1-6(2)5-7(3)4/q2*+1;-2. The summed E-state index contributed by atoms with van der Waals surface area (Å²) >= 11 is 0. The molecule has 0 aliphatic heterocycles. The van der Waals surface area contributed by atoms with Crippen LogP contribution < -0.4 is 68.7 Å². The molecule has 0 aromatic carbocycles. The van der Waals surface area contributed by atoms with E-state index in [2.05, 4.69) is 4.12 Å². The third-order valence-electron chi connectivity index (χ3n) is 0.167. The van der Waals surface area contributed by atoms with Gasteiger partial charge in [0.2, 0.25) is 0 Å². The van der Waals surface area contributed by atoms with Crippen LogP contribution in [0, 0.1) is 0 Å². The second-order valence-electron chi connectivity index (χ2n) is 0.602. The first-order valence-corrected chi connectivity index (χ1v) is 3.67. The predicted octanol–water partition coefficient (Wildman–Crippen LogP) is -9.44.